The number of carbonyl (C=O) groups is 2. The minimum atomic E-state index is -2.88. The molecule has 2 saturated heterocycles. The summed E-state index contributed by atoms with van der Waals surface area (Å²) in [5, 5.41) is 2.63. The Bertz CT molecular complexity index is 641. The smallest absolute Gasteiger partial charge is 0.387 e. The Balaban J connectivity index is 1.72. The maximum Gasteiger partial charge on any atom is 0.387 e. The Morgan fingerprint density at radius 2 is 1.96 bits per heavy atom. The summed E-state index contributed by atoms with van der Waals surface area (Å²) in [6, 6.07) is 5.11. The van der Waals surface area contributed by atoms with E-state index in [2.05, 4.69) is 10.1 Å². The van der Waals surface area contributed by atoms with Gasteiger partial charge >= 0.3 is 6.61 Å². The van der Waals surface area contributed by atoms with Crippen LogP contribution in [0.3, 0.4) is 0 Å². The number of amides is 2. The largest absolute Gasteiger partial charge is 0.435 e. The number of ether oxygens (including phenoxy) is 1. The number of rotatable bonds is 5. The van der Waals surface area contributed by atoms with E-state index in [-0.39, 0.29) is 24.6 Å². The average molecular weight is 357 g/mol. The molecule has 2 amide bonds. The van der Waals surface area contributed by atoms with E-state index in [0.29, 0.717) is 13.1 Å². The lowest BCUT2D eigenvalue weighted by atomic mass is 10.1. The Morgan fingerprint density at radius 3 is 2.60 bits per heavy atom. The molecule has 2 fully saturated rings. The molecule has 1 aromatic rings. The number of nitrogens with zero attached hydrogens (tertiary/aromatic N) is 2. The third-order valence-corrected chi connectivity index (χ3v) is 4.42. The predicted molar refractivity (Wildman–Crippen MR) is 81.5 cm³/mol. The van der Waals surface area contributed by atoms with E-state index >= 15 is 0 Å². The van der Waals surface area contributed by atoms with Gasteiger partial charge in [0.05, 0.1) is 6.54 Å². The monoisotopic (exact) mass is 357 g/mol. The molecule has 0 bridgehead atoms. The van der Waals surface area contributed by atoms with Crippen molar-refractivity contribution in [3.05, 3.63) is 29.8 Å². The van der Waals surface area contributed by atoms with Crippen molar-refractivity contribution in [1.29, 1.82) is 0 Å². The number of halogens is 3. The summed E-state index contributed by atoms with van der Waals surface area (Å²) in [6.45, 7) is -2.66. The molecule has 136 valence electrons. The van der Waals surface area contributed by atoms with E-state index in [1.807, 2.05) is 4.90 Å². The molecule has 2 unspecified atom stereocenters. The Kier molecular flexibility index (Phi) is 5.12. The van der Waals surface area contributed by atoms with Crippen molar-refractivity contribution in [2.24, 2.45) is 0 Å². The second kappa shape index (κ2) is 7.30. The van der Waals surface area contributed by atoms with Gasteiger partial charge in [-0.05, 0) is 17.7 Å². The highest BCUT2D eigenvalue weighted by atomic mass is 19.3. The van der Waals surface area contributed by atoms with Gasteiger partial charge in [-0.3, -0.25) is 14.5 Å². The van der Waals surface area contributed by atoms with E-state index in [9.17, 15) is 22.8 Å². The zero-order valence-electron chi connectivity index (χ0n) is 13.3. The van der Waals surface area contributed by atoms with Gasteiger partial charge < -0.3 is 15.0 Å². The summed E-state index contributed by atoms with van der Waals surface area (Å²) in [7, 11) is 0. The van der Waals surface area contributed by atoms with Crippen molar-refractivity contribution in [2.45, 2.75) is 31.8 Å². The van der Waals surface area contributed by atoms with Gasteiger partial charge in [0.1, 0.15) is 24.6 Å². The first kappa shape index (κ1) is 17.5. The Hall–Kier alpha value is -2.29. The number of fused-ring (bicyclic) bond motifs is 1. The summed E-state index contributed by atoms with van der Waals surface area (Å²) < 4.78 is 41.9. The maximum absolute atomic E-state index is 13.2. The van der Waals surface area contributed by atoms with Crippen LogP contribution in [0.15, 0.2) is 24.3 Å². The van der Waals surface area contributed by atoms with E-state index in [1.54, 1.807) is 12.1 Å². The van der Waals surface area contributed by atoms with Crippen molar-refractivity contribution in [1.82, 2.24) is 15.1 Å². The number of benzene rings is 1. The molecule has 0 radical (unpaired) electrons. The minimum absolute atomic E-state index is 0.0663. The molecular weight excluding hydrogens is 339 g/mol. The van der Waals surface area contributed by atoms with E-state index in [0.717, 1.165) is 5.56 Å². The Morgan fingerprint density at radius 1 is 1.24 bits per heavy atom. The molecule has 0 spiro atoms. The van der Waals surface area contributed by atoms with Gasteiger partial charge in [0.2, 0.25) is 11.8 Å². The molecule has 2 heterocycles. The molecule has 0 aliphatic carbocycles. The molecule has 3 rings (SSSR count). The molecule has 2 aliphatic rings. The quantitative estimate of drug-likeness (QED) is 0.858. The fourth-order valence-corrected chi connectivity index (χ4v) is 3.24. The van der Waals surface area contributed by atoms with Crippen LogP contribution in [0, 0.1) is 0 Å². The number of nitrogens with one attached hydrogen (secondary N) is 1. The highest BCUT2D eigenvalue weighted by Gasteiger charge is 2.44. The fraction of sp³-hybridized carbons (Fsp3) is 0.500. The van der Waals surface area contributed by atoms with Gasteiger partial charge in [-0.2, -0.15) is 8.78 Å². The first-order valence-electron chi connectivity index (χ1n) is 7.92. The average Bonchev–Trinajstić information content (AvgIpc) is 2.58. The zero-order chi connectivity index (χ0) is 18.0. The number of hydrogen-bond donors (Lipinski definition) is 1. The molecule has 6 nitrogen and oxygen atoms in total. The van der Waals surface area contributed by atoms with Crippen molar-refractivity contribution < 1.29 is 27.5 Å². The molecule has 2 aliphatic heterocycles. The van der Waals surface area contributed by atoms with Gasteiger partial charge in [-0.25, -0.2) is 4.39 Å². The summed E-state index contributed by atoms with van der Waals surface area (Å²) in [4.78, 5) is 27.2. The van der Waals surface area contributed by atoms with Crippen molar-refractivity contribution in [3.8, 4) is 5.75 Å². The van der Waals surface area contributed by atoms with Crippen molar-refractivity contribution in [2.75, 3.05) is 19.8 Å². The van der Waals surface area contributed by atoms with Crippen LogP contribution in [0.5, 0.6) is 5.75 Å². The summed E-state index contributed by atoms with van der Waals surface area (Å²) >= 11 is 0. The molecule has 2 atom stereocenters. The summed E-state index contributed by atoms with van der Waals surface area (Å²) in [5.74, 6) is -0.654. The lowest BCUT2D eigenvalue weighted by molar-refractivity contribution is -0.161. The SMILES string of the molecule is O=C1NCC2N(Cc3ccc(OC(F)F)cc3)CCC(=O)N2C1CF. The predicted octanol–water partition coefficient (Wildman–Crippen LogP) is 1.12. The third kappa shape index (κ3) is 3.71. The van der Waals surface area contributed by atoms with Crippen molar-refractivity contribution >= 4 is 11.8 Å². The third-order valence-electron chi connectivity index (χ3n) is 4.42. The second-order valence-corrected chi connectivity index (χ2v) is 5.94. The molecular formula is C16H18F3N3O3. The number of piperazine rings is 1. The number of alkyl halides is 3. The summed E-state index contributed by atoms with van der Waals surface area (Å²) in [5.41, 5.74) is 0.838. The van der Waals surface area contributed by atoms with Gasteiger partial charge in [0.25, 0.3) is 0 Å². The van der Waals surface area contributed by atoms with E-state index < -0.39 is 31.4 Å². The number of hydrogen-bond acceptors (Lipinski definition) is 4. The standard InChI is InChI=1S/C16H18F3N3O3/c17-7-12-15(24)20-8-13-21(6-5-14(23)22(12)13)9-10-1-3-11(4-2-10)25-16(18)19/h1-4,12-13,16H,5-9H2,(H,20,24). The molecule has 0 aromatic heterocycles. The van der Waals surface area contributed by atoms with Crippen LogP contribution < -0.4 is 10.1 Å². The van der Waals surface area contributed by atoms with Gasteiger partial charge in [0.15, 0.2) is 0 Å². The normalized spacial score (nSPS) is 24.2. The van der Waals surface area contributed by atoms with E-state index in [4.69, 9.17) is 0 Å². The van der Waals surface area contributed by atoms with Crippen LogP contribution in [-0.4, -0.2) is 60.2 Å². The fourth-order valence-electron chi connectivity index (χ4n) is 3.24. The zero-order valence-corrected chi connectivity index (χ0v) is 13.3. The van der Waals surface area contributed by atoms with Crippen LogP contribution in [0.25, 0.3) is 0 Å². The second-order valence-electron chi connectivity index (χ2n) is 5.94. The lowest BCUT2D eigenvalue weighted by Crippen LogP contribution is -2.70. The molecule has 1 N–H and O–H groups in total. The summed E-state index contributed by atoms with van der Waals surface area (Å²) in [6.07, 6.45) is -0.218. The van der Waals surface area contributed by atoms with Crippen LogP contribution in [0.1, 0.15) is 12.0 Å². The Labute approximate surface area is 142 Å². The molecule has 0 saturated carbocycles. The van der Waals surface area contributed by atoms with Gasteiger partial charge in [0, 0.05) is 19.5 Å². The van der Waals surface area contributed by atoms with E-state index in [1.165, 1.54) is 17.0 Å². The lowest BCUT2D eigenvalue weighted by Gasteiger charge is -2.48. The highest BCUT2D eigenvalue weighted by Crippen LogP contribution is 2.24. The van der Waals surface area contributed by atoms with Gasteiger partial charge in [-0.1, -0.05) is 12.1 Å². The highest BCUT2D eigenvalue weighted by molar-refractivity contribution is 5.89. The maximum atomic E-state index is 13.2. The minimum Gasteiger partial charge on any atom is -0.435 e. The first-order chi connectivity index (χ1) is 12.0. The van der Waals surface area contributed by atoms with Crippen molar-refractivity contribution in [3.63, 3.8) is 0 Å². The van der Waals surface area contributed by atoms with Crippen LogP contribution in [0.4, 0.5) is 13.2 Å². The molecule has 9 heteroatoms. The van der Waals surface area contributed by atoms with Crippen LogP contribution >= 0.6 is 0 Å². The van der Waals surface area contributed by atoms with Crippen LogP contribution in [0.2, 0.25) is 0 Å². The molecule has 25 heavy (non-hydrogen) atoms. The first-order valence-corrected chi connectivity index (χ1v) is 7.92. The molecule has 1 aromatic carbocycles. The van der Waals surface area contributed by atoms with Gasteiger partial charge in [-0.15, -0.1) is 0 Å². The topological polar surface area (TPSA) is 61.9 Å². The van der Waals surface area contributed by atoms with Crippen LogP contribution in [-0.2, 0) is 16.1 Å². The number of carbonyl (C=O) groups excluding carboxylic acids is 2.